The van der Waals surface area contributed by atoms with E-state index in [1.165, 1.54) is 6.42 Å². The molecule has 0 heterocycles. The van der Waals surface area contributed by atoms with Crippen LogP contribution < -0.4 is 0 Å². The maximum absolute atomic E-state index is 9.45. The Balaban J connectivity index is 3.81. The summed E-state index contributed by atoms with van der Waals surface area (Å²) < 4.78 is 0. The average molecular weight is 230 g/mol. The van der Waals surface area contributed by atoms with Crippen molar-refractivity contribution in [2.24, 2.45) is 23.7 Å². The summed E-state index contributed by atoms with van der Waals surface area (Å²) in [7, 11) is 0. The van der Waals surface area contributed by atoms with Crippen molar-refractivity contribution in [3.8, 4) is 0 Å². The minimum absolute atomic E-state index is 0.200. The molecule has 2 N–H and O–H groups in total. The lowest BCUT2D eigenvalue weighted by molar-refractivity contribution is 0.116. The summed E-state index contributed by atoms with van der Waals surface area (Å²) in [5.74, 6) is 2.12. The van der Waals surface area contributed by atoms with E-state index in [0.29, 0.717) is 30.3 Å². The lowest BCUT2D eigenvalue weighted by Crippen LogP contribution is -2.18. The van der Waals surface area contributed by atoms with Gasteiger partial charge in [-0.25, -0.2) is 0 Å². The molecule has 0 radical (unpaired) electrons. The van der Waals surface area contributed by atoms with E-state index in [0.717, 1.165) is 12.8 Å². The van der Waals surface area contributed by atoms with E-state index in [4.69, 9.17) is 5.11 Å². The standard InChI is InChI=1S/C14H30O2/c1-10(7-12(3)9-15)6-11(2)8-13(4)14(5)16/h10-16H,6-9H2,1-5H3/t10-,11+,12-,13+,14-/m1/s1. The SMILES string of the molecule is C[C@@H](C[C@@H](C)CO)C[C@H](C)C[C@H](C)[C@@H](C)O. The minimum Gasteiger partial charge on any atom is -0.396 e. The number of hydrogen-bond acceptors (Lipinski definition) is 2. The van der Waals surface area contributed by atoms with Crippen LogP contribution in [-0.2, 0) is 0 Å². The van der Waals surface area contributed by atoms with Crippen molar-refractivity contribution < 1.29 is 10.2 Å². The van der Waals surface area contributed by atoms with E-state index in [-0.39, 0.29) is 6.10 Å². The maximum Gasteiger partial charge on any atom is 0.0537 e. The van der Waals surface area contributed by atoms with Crippen LogP contribution in [0.4, 0.5) is 0 Å². The molecule has 0 aliphatic carbocycles. The van der Waals surface area contributed by atoms with E-state index in [9.17, 15) is 5.11 Å². The Morgan fingerprint density at radius 3 is 1.62 bits per heavy atom. The Morgan fingerprint density at radius 1 is 0.750 bits per heavy atom. The molecular formula is C14H30O2. The zero-order valence-electron chi connectivity index (χ0n) is 11.6. The summed E-state index contributed by atoms with van der Waals surface area (Å²) in [5.41, 5.74) is 0. The smallest absolute Gasteiger partial charge is 0.0537 e. The Labute approximate surface area is 101 Å². The second-order valence-corrected chi connectivity index (χ2v) is 5.92. The van der Waals surface area contributed by atoms with Crippen LogP contribution in [0.1, 0.15) is 53.9 Å². The molecule has 0 saturated carbocycles. The van der Waals surface area contributed by atoms with Crippen LogP contribution in [0, 0.1) is 23.7 Å². The van der Waals surface area contributed by atoms with Gasteiger partial charge in [-0.2, -0.15) is 0 Å². The molecule has 0 aromatic carbocycles. The maximum atomic E-state index is 9.45. The van der Waals surface area contributed by atoms with Gasteiger partial charge in [0.1, 0.15) is 0 Å². The molecule has 5 atom stereocenters. The third-order valence-electron chi connectivity index (χ3n) is 3.52. The molecule has 0 saturated heterocycles. The molecule has 0 unspecified atom stereocenters. The lowest BCUT2D eigenvalue weighted by atomic mass is 9.84. The van der Waals surface area contributed by atoms with Crippen LogP contribution in [0.25, 0.3) is 0 Å². The van der Waals surface area contributed by atoms with Gasteiger partial charge in [0.15, 0.2) is 0 Å². The third-order valence-corrected chi connectivity index (χ3v) is 3.52. The molecular weight excluding hydrogens is 200 g/mol. The number of aliphatic hydroxyl groups excluding tert-OH is 2. The fraction of sp³-hybridized carbons (Fsp3) is 1.00. The van der Waals surface area contributed by atoms with Gasteiger partial charge < -0.3 is 10.2 Å². The van der Waals surface area contributed by atoms with Gasteiger partial charge in [-0.1, -0.05) is 27.7 Å². The number of rotatable bonds is 8. The summed E-state index contributed by atoms with van der Waals surface area (Å²) >= 11 is 0. The topological polar surface area (TPSA) is 40.5 Å². The van der Waals surface area contributed by atoms with Gasteiger partial charge in [-0.3, -0.25) is 0 Å². The van der Waals surface area contributed by atoms with Gasteiger partial charge >= 0.3 is 0 Å². The van der Waals surface area contributed by atoms with E-state index in [1.807, 2.05) is 6.92 Å². The zero-order valence-corrected chi connectivity index (χ0v) is 11.6. The Morgan fingerprint density at radius 2 is 1.19 bits per heavy atom. The molecule has 0 rings (SSSR count). The molecule has 16 heavy (non-hydrogen) atoms. The van der Waals surface area contributed by atoms with E-state index in [2.05, 4.69) is 27.7 Å². The van der Waals surface area contributed by atoms with Crippen molar-refractivity contribution >= 4 is 0 Å². The summed E-state index contributed by atoms with van der Waals surface area (Å²) in [6.45, 7) is 10.9. The van der Waals surface area contributed by atoms with Gasteiger partial charge in [0.2, 0.25) is 0 Å². The second-order valence-electron chi connectivity index (χ2n) is 5.92. The minimum atomic E-state index is -0.200. The first-order valence-electron chi connectivity index (χ1n) is 6.65. The average Bonchev–Trinajstić information content (AvgIpc) is 2.16. The Kier molecular flexibility index (Phi) is 8.04. The van der Waals surface area contributed by atoms with Crippen LogP contribution in [0.5, 0.6) is 0 Å². The predicted molar refractivity (Wildman–Crippen MR) is 69.3 cm³/mol. The van der Waals surface area contributed by atoms with Crippen LogP contribution in [0.15, 0.2) is 0 Å². The molecule has 0 aliphatic heterocycles. The van der Waals surface area contributed by atoms with Crippen LogP contribution in [0.2, 0.25) is 0 Å². The lowest BCUT2D eigenvalue weighted by Gasteiger charge is -2.23. The number of hydrogen-bond donors (Lipinski definition) is 2. The summed E-state index contributed by atoms with van der Waals surface area (Å²) in [5, 5.41) is 18.5. The number of aliphatic hydroxyl groups is 2. The zero-order chi connectivity index (χ0) is 12.7. The monoisotopic (exact) mass is 230 g/mol. The van der Waals surface area contributed by atoms with Crippen LogP contribution in [-0.4, -0.2) is 22.9 Å². The first-order chi connectivity index (χ1) is 7.36. The second kappa shape index (κ2) is 8.08. The molecule has 0 amide bonds. The highest BCUT2D eigenvalue weighted by molar-refractivity contribution is 4.67. The van der Waals surface area contributed by atoms with Crippen molar-refractivity contribution in [3.05, 3.63) is 0 Å². The molecule has 0 aromatic rings. The van der Waals surface area contributed by atoms with E-state index in [1.54, 1.807) is 0 Å². The highest BCUT2D eigenvalue weighted by Crippen LogP contribution is 2.25. The van der Waals surface area contributed by atoms with Gasteiger partial charge in [-0.05, 0) is 49.9 Å². The van der Waals surface area contributed by atoms with Crippen molar-refractivity contribution in [2.45, 2.75) is 60.0 Å². The first-order valence-corrected chi connectivity index (χ1v) is 6.65. The largest absolute Gasteiger partial charge is 0.396 e. The predicted octanol–water partition coefficient (Wildman–Crippen LogP) is 3.07. The van der Waals surface area contributed by atoms with Crippen LogP contribution in [0.3, 0.4) is 0 Å². The Bertz CT molecular complexity index is 168. The summed E-state index contributed by atoms with van der Waals surface area (Å²) in [6.07, 6.45) is 3.19. The van der Waals surface area contributed by atoms with Gasteiger partial charge in [0.25, 0.3) is 0 Å². The van der Waals surface area contributed by atoms with Crippen molar-refractivity contribution in [2.75, 3.05) is 6.61 Å². The molecule has 0 bridgehead atoms. The van der Waals surface area contributed by atoms with Gasteiger partial charge in [-0.15, -0.1) is 0 Å². The third kappa shape index (κ3) is 7.24. The van der Waals surface area contributed by atoms with Gasteiger partial charge in [0.05, 0.1) is 6.10 Å². The molecule has 2 nitrogen and oxygen atoms in total. The molecule has 98 valence electrons. The molecule has 0 spiro atoms. The van der Waals surface area contributed by atoms with Crippen molar-refractivity contribution in [1.82, 2.24) is 0 Å². The molecule has 0 fully saturated rings. The highest BCUT2D eigenvalue weighted by atomic mass is 16.3. The normalized spacial score (nSPS) is 21.2. The molecule has 2 heteroatoms. The first kappa shape index (κ1) is 15.9. The summed E-state index contributed by atoms with van der Waals surface area (Å²) in [4.78, 5) is 0. The summed E-state index contributed by atoms with van der Waals surface area (Å²) in [6, 6.07) is 0. The van der Waals surface area contributed by atoms with E-state index >= 15 is 0 Å². The van der Waals surface area contributed by atoms with Gasteiger partial charge in [0, 0.05) is 6.61 Å². The Hall–Kier alpha value is -0.0800. The highest BCUT2D eigenvalue weighted by Gasteiger charge is 2.16. The quantitative estimate of drug-likeness (QED) is 0.673. The molecule has 0 aromatic heterocycles. The molecule has 0 aliphatic rings. The fourth-order valence-corrected chi connectivity index (χ4v) is 2.47. The van der Waals surface area contributed by atoms with Crippen molar-refractivity contribution in [1.29, 1.82) is 0 Å². The van der Waals surface area contributed by atoms with Crippen molar-refractivity contribution in [3.63, 3.8) is 0 Å². The van der Waals surface area contributed by atoms with E-state index < -0.39 is 0 Å². The fourth-order valence-electron chi connectivity index (χ4n) is 2.47. The van der Waals surface area contributed by atoms with Crippen LogP contribution >= 0.6 is 0 Å².